The van der Waals surface area contributed by atoms with Gasteiger partial charge in [0, 0.05) is 23.1 Å². The van der Waals surface area contributed by atoms with Gasteiger partial charge < -0.3 is 14.6 Å². The van der Waals surface area contributed by atoms with Gasteiger partial charge in [0.1, 0.15) is 5.75 Å². The minimum Gasteiger partial charge on any atom is -0.424 e. The molecule has 9 nitrogen and oxygen atoms in total. The number of imidazole rings is 1. The van der Waals surface area contributed by atoms with E-state index in [9.17, 15) is 13.6 Å². The number of nitrogens with one attached hydrogen (secondary N) is 1. The van der Waals surface area contributed by atoms with Crippen LogP contribution in [0.3, 0.4) is 0 Å². The predicted octanol–water partition coefficient (Wildman–Crippen LogP) is 4.89. The van der Waals surface area contributed by atoms with E-state index in [1.165, 1.54) is 6.33 Å². The maximum atomic E-state index is 13.1. The maximum Gasteiger partial charge on any atom is 0.321 e. The Labute approximate surface area is 208 Å². The zero-order valence-electron chi connectivity index (χ0n) is 18.6. The van der Waals surface area contributed by atoms with Crippen LogP contribution in [-0.2, 0) is 13.1 Å². The highest BCUT2D eigenvalue weighted by molar-refractivity contribution is 6.30. The first-order valence-electron chi connectivity index (χ1n) is 10.8. The van der Waals surface area contributed by atoms with Gasteiger partial charge in [-0.25, -0.2) is 23.7 Å². The van der Waals surface area contributed by atoms with E-state index in [2.05, 4.69) is 25.3 Å². The average Bonchev–Trinajstić information content (AvgIpc) is 3.28. The van der Waals surface area contributed by atoms with E-state index >= 15 is 0 Å². The van der Waals surface area contributed by atoms with Crippen molar-refractivity contribution in [3.05, 3.63) is 94.3 Å². The number of halogens is 3. The molecule has 0 saturated heterocycles. The molecule has 182 valence electrons. The Hall–Kier alpha value is -4.38. The topological polar surface area (TPSA) is 99.8 Å². The Morgan fingerprint density at radius 3 is 2.42 bits per heavy atom. The summed E-state index contributed by atoms with van der Waals surface area (Å²) >= 11 is 6.01. The predicted molar refractivity (Wildman–Crippen MR) is 130 cm³/mol. The number of hydrogen-bond acceptors (Lipinski definition) is 7. The molecule has 0 radical (unpaired) electrons. The van der Waals surface area contributed by atoms with Gasteiger partial charge in [0.25, 0.3) is 6.43 Å². The second kappa shape index (κ2) is 10.1. The molecule has 2 aromatic carbocycles. The summed E-state index contributed by atoms with van der Waals surface area (Å²) in [5.74, 6) is 0.712. The van der Waals surface area contributed by atoms with Crippen molar-refractivity contribution in [2.45, 2.75) is 19.5 Å². The van der Waals surface area contributed by atoms with Gasteiger partial charge in [0.2, 0.25) is 5.95 Å². The van der Waals surface area contributed by atoms with E-state index in [-0.39, 0.29) is 29.7 Å². The molecule has 0 aliphatic heterocycles. The number of alkyl halides is 2. The fraction of sp³-hybridized carbons (Fsp3) is 0.125. The third-order valence-corrected chi connectivity index (χ3v) is 5.44. The third kappa shape index (κ3) is 5.15. The quantitative estimate of drug-likeness (QED) is 0.318. The van der Waals surface area contributed by atoms with Crippen LogP contribution in [0.5, 0.6) is 11.8 Å². The standard InChI is InChI=1S/C24H18ClF2N7O2/c25-16-4-2-15(3-5-16)12-34-21-20(33(14-30-21)13-19(26)27)22(35)32-23(34)31-17-6-8-18(9-7-17)36-24-28-10-1-11-29-24/h1-11,14,19H,12-13H2,(H,31,32,35). The van der Waals surface area contributed by atoms with Gasteiger partial charge in [-0.1, -0.05) is 23.7 Å². The Morgan fingerprint density at radius 1 is 1.00 bits per heavy atom. The molecular formula is C24H18ClF2N7O2. The number of nitrogens with zero attached hydrogens (tertiary/aromatic N) is 6. The molecule has 1 N–H and O–H groups in total. The smallest absolute Gasteiger partial charge is 0.321 e. The average molecular weight is 510 g/mol. The third-order valence-electron chi connectivity index (χ3n) is 5.19. The molecule has 0 bridgehead atoms. The molecule has 0 aliphatic carbocycles. The van der Waals surface area contributed by atoms with Gasteiger partial charge in [-0.2, -0.15) is 4.98 Å². The van der Waals surface area contributed by atoms with E-state index in [0.29, 0.717) is 16.5 Å². The second-order valence-electron chi connectivity index (χ2n) is 7.70. The van der Waals surface area contributed by atoms with E-state index in [0.717, 1.165) is 10.1 Å². The van der Waals surface area contributed by atoms with Crippen molar-refractivity contribution in [2.75, 3.05) is 5.32 Å². The van der Waals surface area contributed by atoms with Crippen LogP contribution in [0, 0.1) is 0 Å². The summed E-state index contributed by atoms with van der Waals surface area (Å²) in [4.78, 5) is 29.3. The lowest BCUT2D eigenvalue weighted by molar-refractivity contribution is 0.128. The second-order valence-corrected chi connectivity index (χ2v) is 8.13. The van der Waals surface area contributed by atoms with Crippen LogP contribution >= 0.6 is 11.6 Å². The molecule has 5 rings (SSSR count). The van der Waals surface area contributed by atoms with Crippen molar-refractivity contribution in [3.8, 4) is 11.8 Å². The fourth-order valence-corrected chi connectivity index (χ4v) is 3.71. The number of fused-ring (bicyclic) bond motifs is 1. The minimum absolute atomic E-state index is 0.00132. The van der Waals surface area contributed by atoms with Crippen LogP contribution in [0.4, 0.5) is 20.4 Å². The van der Waals surface area contributed by atoms with E-state index in [4.69, 9.17) is 16.3 Å². The summed E-state index contributed by atoms with van der Waals surface area (Å²) in [6, 6.07) is 15.9. The molecular weight excluding hydrogens is 492 g/mol. The SMILES string of the molecule is O=c1nc(Nc2ccc(Oc3ncccn3)cc2)n(Cc2ccc(Cl)cc2)c2ncn(CC(F)F)c12. The summed E-state index contributed by atoms with van der Waals surface area (Å²) in [5.41, 5.74) is 1.03. The molecule has 3 aromatic heterocycles. The first-order chi connectivity index (χ1) is 17.5. The molecule has 36 heavy (non-hydrogen) atoms. The van der Waals surface area contributed by atoms with E-state index in [1.807, 2.05) is 12.1 Å². The molecule has 0 atom stereocenters. The Morgan fingerprint density at radius 2 is 1.72 bits per heavy atom. The lowest BCUT2D eigenvalue weighted by Gasteiger charge is -2.16. The summed E-state index contributed by atoms with van der Waals surface area (Å²) in [6.07, 6.45) is 1.72. The molecule has 12 heteroatoms. The lowest BCUT2D eigenvalue weighted by atomic mass is 10.2. The van der Waals surface area contributed by atoms with Crippen molar-refractivity contribution in [3.63, 3.8) is 0 Å². The minimum atomic E-state index is -2.65. The van der Waals surface area contributed by atoms with Gasteiger partial charge >= 0.3 is 11.6 Å². The van der Waals surface area contributed by atoms with Crippen molar-refractivity contribution in [1.29, 1.82) is 0 Å². The molecule has 0 unspecified atom stereocenters. The molecule has 0 saturated carbocycles. The van der Waals surface area contributed by atoms with Crippen LogP contribution < -0.4 is 15.6 Å². The number of hydrogen-bond donors (Lipinski definition) is 1. The summed E-state index contributed by atoms with van der Waals surface area (Å²) in [7, 11) is 0. The summed E-state index contributed by atoms with van der Waals surface area (Å²) < 4.78 is 34.5. The fourth-order valence-electron chi connectivity index (χ4n) is 3.58. The van der Waals surface area contributed by atoms with Crippen molar-refractivity contribution >= 4 is 34.4 Å². The molecule has 0 spiro atoms. The Kier molecular flexibility index (Phi) is 6.54. The van der Waals surface area contributed by atoms with Gasteiger partial charge in [-0.15, -0.1) is 0 Å². The molecule has 0 aliphatic rings. The number of ether oxygens (including phenoxy) is 1. The number of benzene rings is 2. The number of rotatable bonds is 8. The van der Waals surface area contributed by atoms with Gasteiger partial charge in [0.05, 0.1) is 19.4 Å². The zero-order valence-corrected chi connectivity index (χ0v) is 19.3. The first-order valence-corrected chi connectivity index (χ1v) is 11.1. The van der Waals surface area contributed by atoms with Crippen molar-refractivity contribution in [2.24, 2.45) is 0 Å². The number of aromatic nitrogens is 6. The van der Waals surface area contributed by atoms with E-state index < -0.39 is 18.5 Å². The van der Waals surface area contributed by atoms with Gasteiger partial charge in [-0.05, 0) is 48.0 Å². The molecule has 0 fully saturated rings. The van der Waals surface area contributed by atoms with Gasteiger partial charge in [-0.3, -0.25) is 9.36 Å². The maximum absolute atomic E-state index is 13.1. The largest absolute Gasteiger partial charge is 0.424 e. The lowest BCUT2D eigenvalue weighted by Crippen LogP contribution is -2.21. The van der Waals surface area contributed by atoms with Crippen molar-refractivity contribution < 1.29 is 13.5 Å². The first kappa shape index (κ1) is 23.4. The summed E-state index contributed by atoms with van der Waals surface area (Å²) in [6.45, 7) is -0.394. The monoisotopic (exact) mass is 509 g/mol. The Bertz CT molecular complexity index is 1540. The normalized spacial score (nSPS) is 11.2. The number of anilines is 2. The van der Waals surface area contributed by atoms with Crippen LogP contribution in [0.15, 0.2) is 78.1 Å². The Balaban J connectivity index is 1.50. The highest BCUT2D eigenvalue weighted by Gasteiger charge is 2.18. The van der Waals surface area contributed by atoms with Crippen LogP contribution in [0.2, 0.25) is 5.02 Å². The molecule has 5 aromatic rings. The summed E-state index contributed by atoms with van der Waals surface area (Å²) in [5, 5.41) is 3.69. The zero-order chi connectivity index (χ0) is 25.1. The van der Waals surface area contributed by atoms with Crippen LogP contribution in [0.25, 0.3) is 11.2 Å². The molecule has 3 heterocycles. The van der Waals surface area contributed by atoms with Crippen molar-refractivity contribution in [1.82, 2.24) is 29.1 Å². The molecule has 0 amide bonds. The highest BCUT2D eigenvalue weighted by atomic mass is 35.5. The van der Waals surface area contributed by atoms with Crippen LogP contribution in [-0.4, -0.2) is 35.5 Å². The highest BCUT2D eigenvalue weighted by Crippen LogP contribution is 2.24. The van der Waals surface area contributed by atoms with Crippen LogP contribution in [0.1, 0.15) is 5.56 Å². The van der Waals surface area contributed by atoms with E-state index in [1.54, 1.807) is 59.4 Å². The van der Waals surface area contributed by atoms with Gasteiger partial charge in [0.15, 0.2) is 11.2 Å².